The molecule has 3 rings (SSSR count). The molecule has 0 aliphatic heterocycles. The van der Waals surface area contributed by atoms with Crippen LogP contribution < -0.4 is 5.73 Å². The average Bonchev–Trinajstić information content (AvgIpc) is 2.89. The highest BCUT2D eigenvalue weighted by Gasteiger charge is 2.08. The number of nitrogens with zero attached hydrogens (tertiary/aromatic N) is 2. The molecule has 0 aliphatic carbocycles. The van der Waals surface area contributed by atoms with Gasteiger partial charge in [0.1, 0.15) is 5.82 Å². The van der Waals surface area contributed by atoms with E-state index in [1.54, 1.807) is 24.3 Å². The van der Waals surface area contributed by atoms with E-state index < -0.39 is 0 Å². The lowest BCUT2D eigenvalue weighted by Crippen LogP contribution is -1.85. The lowest BCUT2D eigenvalue weighted by molar-refractivity contribution is 0.628. The summed E-state index contributed by atoms with van der Waals surface area (Å²) in [5.41, 5.74) is 7.83. The third kappa shape index (κ3) is 2.30. The smallest absolute Gasteiger partial charge is 0.181 e. The number of hydrogen-bond donors (Lipinski definition) is 2. The summed E-state index contributed by atoms with van der Waals surface area (Å²) in [6.45, 7) is 0. The Morgan fingerprint density at radius 1 is 1.00 bits per heavy atom. The number of aromatic amines is 1. The van der Waals surface area contributed by atoms with Crippen molar-refractivity contribution in [2.75, 3.05) is 5.73 Å². The molecule has 0 bridgehead atoms. The van der Waals surface area contributed by atoms with Crippen LogP contribution >= 0.6 is 0 Å². The highest BCUT2D eigenvalue weighted by molar-refractivity contribution is 5.62. The second-order valence-corrected chi connectivity index (χ2v) is 4.14. The fourth-order valence-corrected chi connectivity index (χ4v) is 1.79. The number of aromatic nitrogens is 3. The molecule has 1 heterocycles. The van der Waals surface area contributed by atoms with Gasteiger partial charge in [-0.05, 0) is 36.4 Å². The number of benzene rings is 2. The Hall–Kier alpha value is -2.69. The topological polar surface area (TPSA) is 67.6 Å². The summed E-state index contributed by atoms with van der Waals surface area (Å²) in [5, 5.41) is 6.93. The van der Waals surface area contributed by atoms with Crippen molar-refractivity contribution in [1.29, 1.82) is 0 Å². The van der Waals surface area contributed by atoms with E-state index in [0.29, 0.717) is 22.9 Å². The number of nitrogens with one attached hydrogen (secondary N) is 1. The third-order valence-corrected chi connectivity index (χ3v) is 2.75. The zero-order valence-electron chi connectivity index (χ0n) is 9.97. The summed E-state index contributed by atoms with van der Waals surface area (Å²) >= 11 is 0. The van der Waals surface area contributed by atoms with Crippen molar-refractivity contribution in [3.8, 4) is 22.8 Å². The van der Waals surface area contributed by atoms with E-state index in [4.69, 9.17) is 5.73 Å². The number of H-pyrrole nitrogens is 1. The molecule has 0 amide bonds. The third-order valence-electron chi connectivity index (χ3n) is 2.75. The van der Waals surface area contributed by atoms with Crippen molar-refractivity contribution in [3.05, 3.63) is 54.3 Å². The van der Waals surface area contributed by atoms with Crippen molar-refractivity contribution < 1.29 is 4.39 Å². The highest BCUT2D eigenvalue weighted by atomic mass is 19.1. The average molecular weight is 254 g/mol. The molecule has 0 saturated carbocycles. The van der Waals surface area contributed by atoms with Gasteiger partial charge in [0.05, 0.1) is 0 Å². The van der Waals surface area contributed by atoms with Gasteiger partial charge in [0.25, 0.3) is 0 Å². The van der Waals surface area contributed by atoms with Crippen LogP contribution in [0, 0.1) is 5.82 Å². The second kappa shape index (κ2) is 4.53. The molecule has 2 aromatic carbocycles. The maximum atomic E-state index is 13.1. The first-order valence-corrected chi connectivity index (χ1v) is 5.76. The molecule has 19 heavy (non-hydrogen) atoms. The van der Waals surface area contributed by atoms with Gasteiger partial charge in [-0.15, -0.1) is 0 Å². The number of halogens is 1. The Morgan fingerprint density at radius 2 is 1.79 bits per heavy atom. The predicted molar refractivity (Wildman–Crippen MR) is 71.6 cm³/mol. The number of anilines is 1. The SMILES string of the molecule is Nc1ccc(-c2nc(-c3cccc(F)c3)n[nH]2)cc1. The van der Waals surface area contributed by atoms with E-state index in [2.05, 4.69) is 15.2 Å². The fourth-order valence-electron chi connectivity index (χ4n) is 1.79. The van der Waals surface area contributed by atoms with Gasteiger partial charge < -0.3 is 5.73 Å². The van der Waals surface area contributed by atoms with Gasteiger partial charge in [-0.1, -0.05) is 12.1 Å². The zero-order chi connectivity index (χ0) is 13.2. The molecule has 4 nitrogen and oxygen atoms in total. The summed E-state index contributed by atoms with van der Waals surface area (Å²) in [6.07, 6.45) is 0. The Kier molecular flexibility index (Phi) is 2.72. The molecule has 5 heteroatoms. The van der Waals surface area contributed by atoms with Crippen LogP contribution in [0.5, 0.6) is 0 Å². The molecule has 0 spiro atoms. The predicted octanol–water partition coefficient (Wildman–Crippen LogP) is 2.86. The molecule has 0 saturated heterocycles. The van der Waals surface area contributed by atoms with Crippen molar-refractivity contribution in [2.45, 2.75) is 0 Å². The van der Waals surface area contributed by atoms with Gasteiger partial charge in [-0.25, -0.2) is 9.37 Å². The Balaban J connectivity index is 1.97. The standard InChI is InChI=1S/C14H11FN4/c15-11-3-1-2-10(8-11)14-17-13(18-19-14)9-4-6-12(16)7-5-9/h1-8H,16H2,(H,17,18,19). The van der Waals surface area contributed by atoms with Crippen LogP contribution in [0.15, 0.2) is 48.5 Å². The van der Waals surface area contributed by atoms with Crippen LogP contribution in [0.3, 0.4) is 0 Å². The zero-order valence-corrected chi connectivity index (χ0v) is 9.97. The van der Waals surface area contributed by atoms with Crippen LogP contribution in [0.4, 0.5) is 10.1 Å². The lowest BCUT2D eigenvalue weighted by Gasteiger charge is -1.96. The van der Waals surface area contributed by atoms with Gasteiger partial charge in [0, 0.05) is 16.8 Å². The molecule has 0 fully saturated rings. The molecule has 94 valence electrons. The molecule has 1 aromatic heterocycles. The van der Waals surface area contributed by atoms with Gasteiger partial charge in [0.2, 0.25) is 0 Å². The van der Waals surface area contributed by atoms with Gasteiger partial charge >= 0.3 is 0 Å². The molecule has 0 unspecified atom stereocenters. The van der Waals surface area contributed by atoms with Crippen molar-refractivity contribution in [2.24, 2.45) is 0 Å². The summed E-state index contributed by atoms with van der Waals surface area (Å²) < 4.78 is 13.1. The first-order chi connectivity index (χ1) is 9.22. The number of nitrogen functional groups attached to an aromatic ring is 1. The maximum absolute atomic E-state index is 13.1. The van der Waals surface area contributed by atoms with Gasteiger partial charge in [0.15, 0.2) is 11.6 Å². The normalized spacial score (nSPS) is 10.6. The molecule has 3 N–H and O–H groups in total. The van der Waals surface area contributed by atoms with E-state index in [1.807, 2.05) is 12.1 Å². The molecule has 0 atom stereocenters. The Labute approximate surface area is 109 Å². The molecular formula is C14H11FN4. The van der Waals surface area contributed by atoms with Crippen LogP contribution in [0.1, 0.15) is 0 Å². The molecule has 0 radical (unpaired) electrons. The van der Waals surface area contributed by atoms with Crippen molar-refractivity contribution in [1.82, 2.24) is 15.2 Å². The van der Waals surface area contributed by atoms with E-state index in [9.17, 15) is 4.39 Å². The van der Waals surface area contributed by atoms with Crippen LogP contribution in [0.2, 0.25) is 0 Å². The van der Waals surface area contributed by atoms with Crippen LogP contribution in [-0.4, -0.2) is 15.2 Å². The quantitative estimate of drug-likeness (QED) is 0.691. The first-order valence-electron chi connectivity index (χ1n) is 5.76. The Morgan fingerprint density at radius 3 is 2.53 bits per heavy atom. The largest absolute Gasteiger partial charge is 0.399 e. The second-order valence-electron chi connectivity index (χ2n) is 4.14. The Bertz CT molecular complexity index is 703. The van der Waals surface area contributed by atoms with Gasteiger partial charge in [-0.2, -0.15) is 5.10 Å². The number of hydrogen-bond acceptors (Lipinski definition) is 3. The highest BCUT2D eigenvalue weighted by Crippen LogP contribution is 2.21. The minimum absolute atomic E-state index is 0.309. The van der Waals surface area contributed by atoms with Crippen molar-refractivity contribution >= 4 is 5.69 Å². The summed E-state index contributed by atoms with van der Waals surface area (Å²) in [7, 11) is 0. The van der Waals surface area contributed by atoms with E-state index >= 15 is 0 Å². The lowest BCUT2D eigenvalue weighted by atomic mass is 10.2. The summed E-state index contributed by atoms with van der Waals surface area (Å²) in [6, 6.07) is 13.5. The minimum Gasteiger partial charge on any atom is -0.399 e. The molecule has 0 aliphatic rings. The minimum atomic E-state index is -0.309. The molecule has 3 aromatic rings. The summed E-state index contributed by atoms with van der Waals surface area (Å²) in [4.78, 5) is 4.35. The van der Waals surface area contributed by atoms with E-state index in [-0.39, 0.29) is 5.82 Å². The van der Waals surface area contributed by atoms with E-state index in [0.717, 1.165) is 5.56 Å². The number of nitrogens with two attached hydrogens (primary N) is 1. The maximum Gasteiger partial charge on any atom is 0.181 e. The van der Waals surface area contributed by atoms with Crippen LogP contribution in [-0.2, 0) is 0 Å². The summed E-state index contributed by atoms with van der Waals surface area (Å²) in [5.74, 6) is 0.780. The molecular weight excluding hydrogens is 243 g/mol. The first kappa shape index (κ1) is 11.4. The fraction of sp³-hybridized carbons (Fsp3) is 0. The van der Waals surface area contributed by atoms with Crippen molar-refractivity contribution in [3.63, 3.8) is 0 Å². The number of rotatable bonds is 2. The van der Waals surface area contributed by atoms with E-state index in [1.165, 1.54) is 12.1 Å². The van der Waals surface area contributed by atoms with Crippen LogP contribution in [0.25, 0.3) is 22.8 Å². The van der Waals surface area contributed by atoms with Gasteiger partial charge in [-0.3, -0.25) is 5.10 Å². The monoisotopic (exact) mass is 254 g/mol.